The highest BCUT2D eigenvalue weighted by Gasteiger charge is 2.49. The minimum atomic E-state index is 0.429. The minimum absolute atomic E-state index is 0.429. The Morgan fingerprint density at radius 2 is 2.31 bits per heavy atom. The molecule has 2 heterocycles. The summed E-state index contributed by atoms with van der Waals surface area (Å²) in [6.45, 7) is 5.52. The number of likely N-dealkylation sites (tertiary alicyclic amines) is 1. The van der Waals surface area contributed by atoms with Crippen molar-refractivity contribution in [2.75, 3.05) is 54.0 Å². The predicted octanol–water partition coefficient (Wildman–Crippen LogP) is 0.126. The molecular formula is C10H20N2O. The van der Waals surface area contributed by atoms with E-state index in [9.17, 15) is 0 Å². The van der Waals surface area contributed by atoms with Gasteiger partial charge in [-0.15, -0.1) is 0 Å². The Bertz CT molecular complexity index is 195. The second-order valence-electron chi connectivity index (χ2n) is 5.01. The molecule has 2 aliphatic heterocycles. The first kappa shape index (κ1) is 9.44. The van der Waals surface area contributed by atoms with Crippen molar-refractivity contribution in [3.05, 3.63) is 0 Å². The van der Waals surface area contributed by atoms with Crippen LogP contribution >= 0.6 is 0 Å². The average molecular weight is 184 g/mol. The molecule has 76 valence electrons. The lowest BCUT2D eigenvalue weighted by molar-refractivity contribution is 0.116. The molecule has 2 fully saturated rings. The largest absolute Gasteiger partial charge is 0.380 e. The van der Waals surface area contributed by atoms with E-state index >= 15 is 0 Å². The third kappa shape index (κ3) is 1.60. The Kier molecular flexibility index (Phi) is 2.34. The number of ether oxygens (including phenoxy) is 1. The monoisotopic (exact) mass is 184 g/mol. The molecule has 0 N–H and O–H groups in total. The summed E-state index contributed by atoms with van der Waals surface area (Å²) >= 11 is 0. The summed E-state index contributed by atoms with van der Waals surface area (Å²) in [5, 5.41) is 0. The first-order chi connectivity index (χ1) is 6.12. The molecule has 2 saturated heterocycles. The van der Waals surface area contributed by atoms with Crippen LogP contribution in [0.1, 0.15) is 0 Å². The van der Waals surface area contributed by atoms with Crippen LogP contribution in [0.5, 0.6) is 0 Å². The van der Waals surface area contributed by atoms with Crippen LogP contribution in [0, 0.1) is 11.3 Å². The lowest BCUT2D eigenvalue weighted by Crippen LogP contribution is -2.40. The molecule has 0 saturated carbocycles. The number of fused-ring (bicyclic) bond motifs is 1. The molecule has 0 aliphatic carbocycles. The second-order valence-corrected chi connectivity index (χ2v) is 5.01. The van der Waals surface area contributed by atoms with Crippen LogP contribution in [0.3, 0.4) is 0 Å². The van der Waals surface area contributed by atoms with E-state index < -0.39 is 0 Å². The number of rotatable bonds is 2. The molecule has 0 radical (unpaired) electrons. The van der Waals surface area contributed by atoms with Gasteiger partial charge in [-0.25, -0.2) is 0 Å². The molecule has 13 heavy (non-hydrogen) atoms. The van der Waals surface area contributed by atoms with Crippen LogP contribution in [0.4, 0.5) is 0 Å². The van der Waals surface area contributed by atoms with Gasteiger partial charge in [0, 0.05) is 31.0 Å². The highest BCUT2D eigenvalue weighted by atomic mass is 16.5. The van der Waals surface area contributed by atoms with Crippen molar-refractivity contribution < 1.29 is 4.74 Å². The van der Waals surface area contributed by atoms with Crippen molar-refractivity contribution in [1.82, 2.24) is 9.80 Å². The molecule has 0 aromatic rings. The molecule has 0 bridgehead atoms. The molecule has 2 aliphatic rings. The maximum absolute atomic E-state index is 5.61. The summed E-state index contributed by atoms with van der Waals surface area (Å²) in [5.74, 6) is 0.764. The normalized spacial score (nSPS) is 40.2. The summed E-state index contributed by atoms with van der Waals surface area (Å²) < 4.78 is 5.61. The molecule has 3 heteroatoms. The quantitative estimate of drug-likeness (QED) is 0.606. The summed E-state index contributed by atoms with van der Waals surface area (Å²) in [6.07, 6.45) is 0. The Morgan fingerprint density at radius 1 is 1.54 bits per heavy atom. The Labute approximate surface area is 80.6 Å². The van der Waals surface area contributed by atoms with Gasteiger partial charge in [-0.05, 0) is 21.1 Å². The fraction of sp³-hybridized carbons (Fsp3) is 1.00. The van der Waals surface area contributed by atoms with Gasteiger partial charge in [0.25, 0.3) is 0 Å². The molecule has 0 aromatic carbocycles. The molecule has 3 nitrogen and oxygen atoms in total. The van der Waals surface area contributed by atoms with Crippen molar-refractivity contribution >= 4 is 0 Å². The van der Waals surface area contributed by atoms with E-state index in [1.807, 2.05) is 0 Å². The van der Waals surface area contributed by atoms with Gasteiger partial charge in [-0.1, -0.05) is 0 Å². The van der Waals surface area contributed by atoms with Gasteiger partial charge in [0.1, 0.15) is 0 Å². The number of nitrogens with zero attached hydrogens (tertiary/aromatic N) is 2. The summed E-state index contributed by atoms with van der Waals surface area (Å²) in [4.78, 5) is 4.73. The highest BCUT2D eigenvalue weighted by molar-refractivity contribution is 5.00. The van der Waals surface area contributed by atoms with Gasteiger partial charge in [0.05, 0.1) is 13.2 Å². The van der Waals surface area contributed by atoms with E-state index in [2.05, 4.69) is 30.9 Å². The fourth-order valence-corrected chi connectivity index (χ4v) is 2.95. The summed E-state index contributed by atoms with van der Waals surface area (Å²) in [7, 11) is 6.53. The zero-order valence-corrected chi connectivity index (χ0v) is 8.92. The van der Waals surface area contributed by atoms with E-state index in [1.54, 1.807) is 0 Å². The summed E-state index contributed by atoms with van der Waals surface area (Å²) in [6, 6.07) is 0. The lowest BCUT2D eigenvalue weighted by Gasteiger charge is -2.30. The van der Waals surface area contributed by atoms with Crippen molar-refractivity contribution in [2.45, 2.75) is 0 Å². The molecule has 2 unspecified atom stereocenters. The topological polar surface area (TPSA) is 15.7 Å². The van der Waals surface area contributed by atoms with Crippen LogP contribution in [-0.4, -0.2) is 63.8 Å². The molecule has 0 aromatic heterocycles. The minimum Gasteiger partial charge on any atom is -0.380 e. The molecule has 0 spiro atoms. The van der Waals surface area contributed by atoms with Crippen molar-refractivity contribution in [2.24, 2.45) is 11.3 Å². The zero-order chi connectivity index (χ0) is 9.47. The van der Waals surface area contributed by atoms with Crippen LogP contribution in [-0.2, 0) is 4.74 Å². The third-order valence-electron chi connectivity index (χ3n) is 3.32. The standard InChI is InChI=1S/C10H20N2O/c1-11(2)6-10-7-12(3)4-9(10)5-13-8-10/h9H,4-8H2,1-3H3. The van der Waals surface area contributed by atoms with E-state index in [0.29, 0.717) is 5.41 Å². The van der Waals surface area contributed by atoms with E-state index in [1.165, 1.54) is 19.6 Å². The molecule has 2 rings (SSSR count). The zero-order valence-electron chi connectivity index (χ0n) is 8.92. The van der Waals surface area contributed by atoms with Crippen molar-refractivity contribution in [1.29, 1.82) is 0 Å². The fourth-order valence-electron chi connectivity index (χ4n) is 2.95. The highest BCUT2D eigenvalue weighted by Crippen LogP contribution is 2.40. The SMILES string of the molecule is CN(C)CC12COCC1CN(C)C2. The van der Waals surface area contributed by atoms with Crippen LogP contribution < -0.4 is 0 Å². The Balaban J connectivity index is 2.09. The third-order valence-corrected chi connectivity index (χ3v) is 3.32. The molecule has 2 atom stereocenters. The van der Waals surface area contributed by atoms with Gasteiger partial charge in [-0.2, -0.15) is 0 Å². The van der Waals surface area contributed by atoms with Crippen LogP contribution in [0.15, 0.2) is 0 Å². The number of hydrogen-bond acceptors (Lipinski definition) is 3. The Hall–Kier alpha value is -0.120. The van der Waals surface area contributed by atoms with Crippen LogP contribution in [0.2, 0.25) is 0 Å². The van der Waals surface area contributed by atoms with Gasteiger partial charge >= 0.3 is 0 Å². The van der Waals surface area contributed by atoms with Crippen molar-refractivity contribution in [3.63, 3.8) is 0 Å². The first-order valence-electron chi connectivity index (χ1n) is 5.03. The molecular weight excluding hydrogens is 164 g/mol. The van der Waals surface area contributed by atoms with Gasteiger partial charge in [0.2, 0.25) is 0 Å². The summed E-state index contributed by atoms with van der Waals surface area (Å²) in [5.41, 5.74) is 0.429. The average Bonchev–Trinajstić information content (AvgIpc) is 2.40. The van der Waals surface area contributed by atoms with E-state index in [-0.39, 0.29) is 0 Å². The second kappa shape index (κ2) is 3.23. The van der Waals surface area contributed by atoms with E-state index in [4.69, 9.17) is 4.74 Å². The molecule has 0 amide bonds. The van der Waals surface area contributed by atoms with Gasteiger partial charge in [-0.3, -0.25) is 0 Å². The number of hydrogen-bond donors (Lipinski definition) is 0. The first-order valence-corrected chi connectivity index (χ1v) is 5.03. The lowest BCUT2D eigenvalue weighted by atomic mass is 9.81. The van der Waals surface area contributed by atoms with Crippen LogP contribution in [0.25, 0.3) is 0 Å². The van der Waals surface area contributed by atoms with Crippen molar-refractivity contribution in [3.8, 4) is 0 Å². The van der Waals surface area contributed by atoms with Gasteiger partial charge in [0.15, 0.2) is 0 Å². The van der Waals surface area contributed by atoms with E-state index in [0.717, 1.165) is 19.1 Å². The van der Waals surface area contributed by atoms with Gasteiger partial charge < -0.3 is 14.5 Å². The smallest absolute Gasteiger partial charge is 0.0551 e. The maximum Gasteiger partial charge on any atom is 0.0551 e. The Morgan fingerprint density at radius 3 is 3.00 bits per heavy atom. The predicted molar refractivity (Wildman–Crippen MR) is 52.8 cm³/mol. The maximum atomic E-state index is 5.61.